The first-order valence-electron chi connectivity index (χ1n) is 7.57. The lowest BCUT2D eigenvalue weighted by atomic mass is 9.91. The molecule has 6 nitrogen and oxygen atoms in total. The Kier molecular flexibility index (Phi) is 9.62. The Morgan fingerprint density at radius 3 is 2.19 bits per heavy atom. The summed E-state index contributed by atoms with van der Waals surface area (Å²) in [6, 6.07) is -0.689. The molecule has 0 rings (SSSR count). The van der Waals surface area contributed by atoms with Gasteiger partial charge in [-0.25, -0.2) is 0 Å². The smallest absolute Gasteiger partial charge is 0.239 e. The summed E-state index contributed by atoms with van der Waals surface area (Å²) >= 11 is 0. The first-order chi connectivity index (χ1) is 9.77. The summed E-state index contributed by atoms with van der Waals surface area (Å²) in [4.78, 5) is 35.0. The van der Waals surface area contributed by atoms with Crippen LogP contribution in [0.15, 0.2) is 0 Å². The summed E-state index contributed by atoms with van der Waals surface area (Å²) in [5.74, 6) is -0.959. The van der Waals surface area contributed by atoms with Crippen LogP contribution < -0.4 is 16.8 Å². The number of hydrogen-bond donors (Lipinski definition) is 3. The molecule has 0 aliphatic heterocycles. The van der Waals surface area contributed by atoms with E-state index in [-0.39, 0.29) is 18.1 Å². The SMILES string of the molecule is CC(=O)C[C@@H](CC(C)C)C(=O)N[C@@H](CCCCN)C(N)=O. The van der Waals surface area contributed by atoms with Gasteiger partial charge in [0, 0.05) is 12.3 Å². The Bertz CT molecular complexity index is 356. The first kappa shape index (κ1) is 19.6. The average molecular weight is 299 g/mol. The molecule has 0 aliphatic carbocycles. The largest absolute Gasteiger partial charge is 0.368 e. The lowest BCUT2D eigenvalue weighted by Crippen LogP contribution is -2.47. The summed E-state index contributed by atoms with van der Waals surface area (Å²) in [6.45, 7) is 5.99. The maximum Gasteiger partial charge on any atom is 0.239 e. The maximum atomic E-state index is 12.3. The van der Waals surface area contributed by atoms with E-state index in [1.165, 1.54) is 6.92 Å². The van der Waals surface area contributed by atoms with Gasteiger partial charge < -0.3 is 21.6 Å². The molecular weight excluding hydrogens is 270 g/mol. The molecule has 0 fully saturated rings. The second-order valence-corrected chi connectivity index (χ2v) is 5.98. The zero-order valence-electron chi connectivity index (χ0n) is 13.4. The summed E-state index contributed by atoms with van der Waals surface area (Å²) in [5, 5.41) is 2.68. The molecule has 5 N–H and O–H groups in total. The lowest BCUT2D eigenvalue weighted by molar-refractivity contribution is -0.132. The number of carbonyl (C=O) groups excluding carboxylic acids is 3. The van der Waals surface area contributed by atoms with Gasteiger partial charge in [-0.3, -0.25) is 9.59 Å². The molecule has 2 atom stereocenters. The minimum Gasteiger partial charge on any atom is -0.368 e. The number of carbonyl (C=O) groups is 3. The molecule has 21 heavy (non-hydrogen) atoms. The molecule has 122 valence electrons. The molecular formula is C15H29N3O3. The van der Waals surface area contributed by atoms with Gasteiger partial charge in [-0.1, -0.05) is 13.8 Å². The van der Waals surface area contributed by atoms with Crippen molar-refractivity contribution in [1.82, 2.24) is 5.32 Å². The van der Waals surface area contributed by atoms with Crippen LogP contribution in [0.3, 0.4) is 0 Å². The topological polar surface area (TPSA) is 115 Å². The summed E-state index contributed by atoms with van der Waals surface area (Å²) in [5.41, 5.74) is 10.7. The quantitative estimate of drug-likeness (QED) is 0.488. The van der Waals surface area contributed by atoms with Gasteiger partial charge in [0.2, 0.25) is 11.8 Å². The van der Waals surface area contributed by atoms with Crippen LogP contribution in [0.2, 0.25) is 0 Å². The first-order valence-corrected chi connectivity index (χ1v) is 7.57. The van der Waals surface area contributed by atoms with E-state index < -0.39 is 17.9 Å². The highest BCUT2D eigenvalue weighted by molar-refractivity contribution is 5.90. The van der Waals surface area contributed by atoms with E-state index in [4.69, 9.17) is 11.5 Å². The van der Waals surface area contributed by atoms with Gasteiger partial charge in [-0.15, -0.1) is 0 Å². The van der Waals surface area contributed by atoms with E-state index >= 15 is 0 Å². The Balaban J connectivity index is 4.65. The summed E-state index contributed by atoms with van der Waals surface area (Å²) in [7, 11) is 0. The van der Waals surface area contributed by atoms with E-state index in [0.29, 0.717) is 25.3 Å². The minimum atomic E-state index is -0.689. The number of ketones is 1. The van der Waals surface area contributed by atoms with Crippen molar-refractivity contribution >= 4 is 17.6 Å². The number of Topliss-reactive ketones (excluding diaryl/α,β-unsaturated/α-hetero) is 1. The fraction of sp³-hybridized carbons (Fsp3) is 0.800. The molecule has 0 saturated heterocycles. The standard InChI is InChI=1S/C15H29N3O3/c1-10(2)8-12(9-11(3)19)15(21)18-13(14(17)20)6-4-5-7-16/h10,12-13H,4-9,16H2,1-3H3,(H2,17,20)(H,18,21)/t12-,13+/m1/s1. The number of rotatable bonds is 11. The van der Waals surface area contributed by atoms with Crippen LogP contribution in [0.25, 0.3) is 0 Å². The fourth-order valence-electron chi connectivity index (χ4n) is 2.27. The molecule has 0 aromatic heterocycles. The Morgan fingerprint density at radius 1 is 1.14 bits per heavy atom. The second kappa shape index (κ2) is 10.3. The number of nitrogens with two attached hydrogens (primary N) is 2. The zero-order chi connectivity index (χ0) is 16.4. The van der Waals surface area contributed by atoms with Crippen LogP contribution in [-0.2, 0) is 14.4 Å². The summed E-state index contributed by atoms with van der Waals surface area (Å²) in [6.07, 6.45) is 2.79. The van der Waals surface area contributed by atoms with Gasteiger partial charge >= 0.3 is 0 Å². The van der Waals surface area contributed by atoms with Crippen molar-refractivity contribution in [1.29, 1.82) is 0 Å². The van der Waals surface area contributed by atoms with Crippen molar-refractivity contribution in [3.8, 4) is 0 Å². The highest BCUT2D eigenvalue weighted by atomic mass is 16.2. The van der Waals surface area contributed by atoms with Gasteiger partial charge in [0.15, 0.2) is 0 Å². The normalized spacial score (nSPS) is 13.8. The third-order valence-electron chi connectivity index (χ3n) is 3.27. The molecule has 0 spiro atoms. The van der Waals surface area contributed by atoms with Crippen molar-refractivity contribution in [2.24, 2.45) is 23.3 Å². The predicted molar refractivity (Wildman–Crippen MR) is 82.3 cm³/mol. The van der Waals surface area contributed by atoms with Crippen molar-refractivity contribution in [2.45, 2.75) is 58.9 Å². The average Bonchev–Trinajstić information content (AvgIpc) is 2.35. The van der Waals surface area contributed by atoms with Crippen molar-refractivity contribution < 1.29 is 14.4 Å². The molecule has 0 aliphatic rings. The van der Waals surface area contributed by atoms with E-state index in [0.717, 1.165) is 12.8 Å². The van der Waals surface area contributed by atoms with Crippen LogP contribution in [0.5, 0.6) is 0 Å². The minimum absolute atomic E-state index is 0.0328. The monoisotopic (exact) mass is 299 g/mol. The van der Waals surface area contributed by atoms with E-state index in [1.807, 2.05) is 13.8 Å². The van der Waals surface area contributed by atoms with Crippen molar-refractivity contribution in [3.05, 3.63) is 0 Å². The van der Waals surface area contributed by atoms with Crippen LogP contribution in [0.4, 0.5) is 0 Å². The third-order valence-corrected chi connectivity index (χ3v) is 3.27. The van der Waals surface area contributed by atoms with E-state index in [2.05, 4.69) is 5.32 Å². The fourth-order valence-corrected chi connectivity index (χ4v) is 2.27. The van der Waals surface area contributed by atoms with E-state index in [1.54, 1.807) is 0 Å². The van der Waals surface area contributed by atoms with Crippen LogP contribution >= 0.6 is 0 Å². The van der Waals surface area contributed by atoms with Gasteiger partial charge in [0.25, 0.3) is 0 Å². The van der Waals surface area contributed by atoms with Crippen molar-refractivity contribution in [3.63, 3.8) is 0 Å². The summed E-state index contributed by atoms with van der Waals surface area (Å²) < 4.78 is 0. The predicted octanol–water partition coefficient (Wildman–Crippen LogP) is 0.727. The van der Waals surface area contributed by atoms with E-state index in [9.17, 15) is 14.4 Å². The molecule has 0 unspecified atom stereocenters. The highest BCUT2D eigenvalue weighted by Gasteiger charge is 2.25. The maximum absolute atomic E-state index is 12.3. The molecule has 0 heterocycles. The Hall–Kier alpha value is -1.43. The molecule has 2 amide bonds. The molecule has 0 aromatic carbocycles. The van der Waals surface area contributed by atoms with Gasteiger partial charge in [-0.2, -0.15) is 0 Å². The van der Waals surface area contributed by atoms with Gasteiger partial charge in [-0.05, 0) is 45.1 Å². The van der Waals surface area contributed by atoms with Crippen LogP contribution in [0.1, 0.15) is 52.9 Å². The van der Waals surface area contributed by atoms with Gasteiger partial charge in [0.1, 0.15) is 11.8 Å². The van der Waals surface area contributed by atoms with Crippen LogP contribution in [0, 0.1) is 11.8 Å². The second-order valence-electron chi connectivity index (χ2n) is 5.98. The Labute approximate surface area is 127 Å². The molecule has 6 heteroatoms. The Morgan fingerprint density at radius 2 is 1.76 bits per heavy atom. The van der Waals surface area contributed by atoms with Crippen molar-refractivity contribution in [2.75, 3.05) is 6.54 Å². The molecule has 0 aromatic rings. The van der Waals surface area contributed by atoms with Gasteiger partial charge in [0.05, 0.1) is 0 Å². The number of primary amides is 1. The highest BCUT2D eigenvalue weighted by Crippen LogP contribution is 2.17. The molecule has 0 saturated carbocycles. The number of nitrogens with one attached hydrogen (secondary N) is 1. The zero-order valence-corrected chi connectivity index (χ0v) is 13.4. The number of amides is 2. The molecule has 0 bridgehead atoms. The number of unbranched alkanes of at least 4 members (excludes halogenated alkanes) is 1. The molecule has 0 radical (unpaired) electrons. The van der Waals surface area contributed by atoms with Crippen LogP contribution in [-0.4, -0.2) is 30.2 Å². The number of hydrogen-bond acceptors (Lipinski definition) is 4. The lowest BCUT2D eigenvalue weighted by Gasteiger charge is -2.21. The third kappa shape index (κ3) is 9.18.